The van der Waals surface area contributed by atoms with Gasteiger partial charge in [-0.3, -0.25) is 0 Å². The Morgan fingerprint density at radius 2 is 2.12 bits per heavy atom. The number of benzene rings is 1. The van der Waals surface area contributed by atoms with E-state index in [1.54, 1.807) is 7.11 Å². The summed E-state index contributed by atoms with van der Waals surface area (Å²) in [5.74, 6) is 2.06. The number of rotatable bonds is 6. The van der Waals surface area contributed by atoms with E-state index >= 15 is 0 Å². The van der Waals surface area contributed by atoms with Crippen LogP contribution in [0.25, 0.3) is 11.0 Å². The summed E-state index contributed by atoms with van der Waals surface area (Å²) in [5.41, 5.74) is 2.66. The zero-order chi connectivity index (χ0) is 16.5. The van der Waals surface area contributed by atoms with Gasteiger partial charge in [0.2, 0.25) is 5.88 Å². The van der Waals surface area contributed by atoms with Gasteiger partial charge in [0, 0.05) is 12.6 Å². The average molecular weight is 389 g/mol. The van der Waals surface area contributed by atoms with E-state index in [0.29, 0.717) is 12.5 Å². The Kier molecular flexibility index (Phi) is 4.10. The molecule has 7 heteroatoms. The maximum absolute atomic E-state index is 5.89. The van der Waals surface area contributed by atoms with Gasteiger partial charge >= 0.3 is 0 Å². The van der Waals surface area contributed by atoms with Crippen LogP contribution in [0.4, 0.5) is 0 Å². The van der Waals surface area contributed by atoms with E-state index < -0.39 is 0 Å². The van der Waals surface area contributed by atoms with E-state index in [0.717, 1.165) is 39.4 Å². The van der Waals surface area contributed by atoms with Crippen molar-refractivity contribution in [1.29, 1.82) is 0 Å². The minimum Gasteiger partial charge on any atom is -0.486 e. The van der Waals surface area contributed by atoms with E-state index in [-0.39, 0.29) is 0 Å². The van der Waals surface area contributed by atoms with E-state index in [1.165, 1.54) is 12.8 Å². The minimum atomic E-state index is 0.359. The van der Waals surface area contributed by atoms with Crippen molar-refractivity contribution in [3.05, 3.63) is 40.5 Å². The summed E-state index contributed by atoms with van der Waals surface area (Å²) < 4.78 is 13.8. The molecule has 1 aliphatic rings. The summed E-state index contributed by atoms with van der Waals surface area (Å²) in [6.07, 6.45) is 2.58. The summed E-state index contributed by atoms with van der Waals surface area (Å²) >= 11 is 3.59. The fraction of sp³-hybridized carbons (Fsp3) is 0.353. The van der Waals surface area contributed by atoms with Crippen LogP contribution in [0.5, 0.6) is 11.6 Å². The molecule has 0 saturated heterocycles. The lowest BCUT2D eigenvalue weighted by Crippen LogP contribution is -2.02. The summed E-state index contributed by atoms with van der Waals surface area (Å²) in [6, 6.07) is 9.56. The number of methoxy groups -OCH3 is 1. The molecule has 1 fully saturated rings. The fourth-order valence-electron chi connectivity index (χ4n) is 2.58. The van der Waals surface area contributed by atoms with Gasteiger partial charge in [0.05, 0.1) is 22.8 Å². The molecule has 3 aromatic rings. The van der Waals surface area contributed by atoms with Crippen molar-refractivity contribution in [2.75, 3.05) is 7.11 Å². The molecule has 0 radical (unpaired) electrons. The van der Waals surface area contributed by atoms with Crippen LogP contribution < -0.4 is 9.47 Å². The lowest BCUT2D eigenvalue weighted by atomic mass is 10.3. The van der Waals surface area contributed by atoms with Crippen LogP contribution in [0.3, 0.4) is 0 Å². The quantitative estimate of drug-likeness (QED) is 0.645. The lowest BCUT2D eigenvalue weighted by Gasteiger charge is -2.09. The van der Waals surface area contributed by atoms with Crippen LogP contribution in [-0.4, -0.2) is 27.1 Å². The van der Waals surface area contributed by atoms with Crippen molar-refractivity contribution >= 4 is 27.0 Å². The first-order valence-corrected chi connectivity index (χ1v) is 8.68. The number of pyridine rings is 1. The average Bonchev–Trinajstić information content (AvgIpc) is 3.33. The van der Waals surface area contributed by atoms with Gasteiger partial charge in [-0.1, -0.05) is 11.3 Å². The smallest absolute Gasteiger partial charge is 0.213 e. The second kappa shape index (κ2) is 6.39. The van der Waals surface area contributed by atoms with Gasteiger partial charge in [0.15, 0.2) is 0 Å². The van der Waals surface area contributed by atoms with Crippen molar-refractivity contribution in [2.45, 2.75) is 26.0 Å². The molecule has 0 amide bonds. The van der Waals surface area contributed by atoms with E-state index in [9.17, 15) is 0 Å². The predicted molar refractivity (Wildman–Crippen MR) is 93.1 cm³/mol. The van der Waals surface area contributed by atoms with E-state index in [1.807, 2.05) is 35.0 Å². The van der Waals surface area contributed by atoms with Crippen molar-refractivity contribution in [2.24, 2.45) is 5.92 Å². The molecule has 1 aromatic carbocycles. The number of ether oxygens (including phenoxy) is 2. The first-order valence-electron chi connectivity index (χ1n) is 7.89. The largest absolute Gasteiger partial charge is 0.486 e. The number of nitrogens with zero attached hydrogens (tertiary/aromatic N) is 4. The number of halogens is 1. The van der Waals surface area contributed by atoms with Crippen molar-refractivity contribution in [3.8, 4) is 11.6 Å². The van der Waals surface area contributed by atoms with E-state index in [4.69, 9.17) is 9.47 Å². The Bertz CT molecular complexity index is 876. The second-order valence-electron chi connectivity index (χ2n) is 5.92. The van der Waals surface area contributed by atoms with E-state index in [2.05, 4.69) is 31.2 Å². The Labute approximate surface area is 147 Å². The lowest BCUT2D eigenvalue weighted by molar-refractivity contribution is 0.296. The molecular formula is C17H17BrN4O2. The molecule has 0 unspecified atom stereocenters. The standard InChI is InChI=1S/C17H17BrN4O2/c1-23-15-4-2-3-12(19-15)10-24-14-8-7-13-17(16(14)18)20-21-22(13)9-11-5-6-11/h2-4,7-8,11H,5-6,9-10H2,1H3. The van der Waals surface area contributed by atoms with Crippen molar-refractivity contribution in [1.82, 2.24) is 20.0 Å². The molecule has 1 aliphatic carbocycles. The van der Waals surface area contributed by atoms with Crippen LogP contribution in [0, 0.1) is 5.92 Å². The molecule has 0 atom stereocenters. The summed E-state index contributed by atoms with van der Waals surface area (Å²) in [4.78, 5) is 4.35. The van der Waals surface area contributed by atoms with Crippen LogP contribution in [0.1, 0.15) is 18.5 Å². The first-order chi connectivity index (χ1) is 11.7. The van der Waals surface area contributed by atoms with Crippen molar-refractivity contribution in [3.63, 3.8) is 0 Å². The fourth-order valence-corrected chi connectivity index (χ4v) is 3.11. The molecule has 0 N–H and O–H groups in total. The third-order valence-corrected chi connectivity index (χ3v) is 4.85. The zero-order valence-electron chi connectivity index (χ0n) is 13.3. The van der Waals surface area contributed by atoms with Gasteiger partial charge in [-0.2, -0.15) is 0 Å². The van der Waals surface area contributed by atoms with Gasteiger partial charge in [0.1, 0.15) is 17.9 Å². The highest BCUT2D eigenvalue weighted by atomic mass is 79.9. The predicted octanol–water partition coefficient (Wildman–Crippen LogP) is 3.59. The zero-order valence-corrected chi connectivity index (χ0v) is 14.9. The third kappa shape index (κ3) is 3.08. The van der Waals surface area contributed by atoms with Crippen LogP contribution >= 0.6 is 15.9 Å². The summed E-state index contributed by atoms with van der Waals surface area (Å²) in [6.45, 7) is 1.30. The number of aromatic nitrogens is 4. The number of fused-ring (bicyclic) bond motifs is 1. The Morgan fingerprint density at radius 3 is 2.92 bits per heavy atom. The second-order valence-corrected chi connectivity index (χ2v) is 6.71. The molecule has 4 rings (SSSR count). The molecule has 6 nitrogen and oxygen atoms in total. The third-order valence-electron chi connectivity index (χ3n) is 4.08. The molecule has 1 saturated carbocycles. The molecule has 2 heterocycles. The molecule has 24 heavy (non-hydrogen) atoms. The molecule has 0 bridgehead atoms. The van der Waals surface area contributed by atoms with Gasteiger partial charge in [-0.15, -0.1) is 5.10 Å². The maximum atomic E-state index is 5.89. The highest BCUT2D eigenvalue weighted by Gasteiger charge is 2.23. The first kappa shape index (κ1) is 15.4. The van der Waals surface area contributed by atoms with Gasteiger partial charge in [-0.25, -0.2) is 9.67 Å². The monoisotopic (exact) mass is 388 g/mol. The highest BCUT2D eigenvalue weighted by Crippen LogP contribution is 2.35. The SMILES string of the molecule is COc1cccc(COc2ccc3c(nnn3CC3CC3)c2Br)n1. The van der Waals surface area contributed by atoms with Crippen LogP contribution in [-0.2, 0) is 13.2 Å². The highest BCUT2D eigenvalue weighted by molar-refractivity contribution is 9.10. The topological polar surface area (TPSA) is 62.1 Å². The summed E-state index contributed by atoms with van der Waals surface area (Å²) in [7, 11) is 1.60. The number of hydrogen-bond acceptors (Lipinski definition) is 5. The number of hydrogen-bond donors (Lipinski definition) is 0. The molecule has 0 aliphatic heterocycles. The molecule has 124 valence electrons. The molecular weight excluding hydrogens is 372 g/mol. The Morgan fingerprint density at radius 1 is 1.25 bits per heavy atom. The molecule has 0 spiro atoms. The normalized spacial score (nSPS) is 14.1. The minimum absolute atomic E-state index is 0.359. The Balaban J connectivity index is 1.54. The van der Waals surface area contributed by atoms with Gasteiger partial charge < -0.3 is 9.47 Å². The summed E-state index contributed by atoms with van der Waals surface area (Å²) in [5, 5.41) is 8.56. The molecule has 2 aromatic heterocycles. The maximum Gasteiger partial charge on any atom is 0.213 e. The van der Waals surface area contributed by atoms with Gasteiger partial charge in [-0.05, 0) is 52.9 Å². The Hall–Kier alpha value is -2.15. The van der Waals surface area contributed by atoms with Crippen LogP contribution in [0.15, 0.2) is 34.8 Å². The van der Waals surface area contributed by atoms with Crippen LogP contribution in [0.2, 0.25) is 0 Å². The van der Waals surface area contributed by atoms with Crippen molar-refractivity contribution < 1.29 is 9.47 Å². The van der Waals surface area contributed by atoms with Gasteiger partial charge in [0.25, 0.3) is 0 Å².